The average molecular weight is 376 g/mol. The van der Waals surface area contributed by atoms with Crippen LogP contribution in [0.15, 0.2) is 36.4 Å². The number of rotatable bonds is 6. The number of hydrogen-bond acceptors (Lipinski definition) is 5. The van der Waals surface area contributed by atoms with Gasteiger partial charge in [0.2, 0.25) is 5.91 Å². The van der Waals surface area contributed by atoms with Crippen LogP contribution in [0.5, 0.6) is 5.75 Å². The van der Waals surface area contributed by atoms with Crippen molar-refractivity contribution in [1.82, 2.24) is 9.88 Å². The Hall–Kier alpha value is -3.07. The van der Waals surface area contributed by atoms with Crippen LogP contribution >= 0.6 is 0 Å². The number of pyridine rings is 1. The summed E-state index contributed by atoms with van der Waals surface area (Å²) in [5, 5.41) is 12.7. The number of hydrogen-bond donors (Lipinski definition) is 1. The van der Waals surface area contributed by atoms with E-state index in [0.717, 1.165) is 23.4 Å². The number of amides is 1. The predicted octanol–water partition coefficient (Wildman–Crippen LogP) is 3.44. The molecule has 1 atom stereocenters. The fourth-order valence-corrected chi connectivity index (χ4v) is 3.59. The van der Waals surface area contributed by atoms with E-state index in [-0.39, 0.29) is 11.9 Å². The molecular formula is C22H24N4O2. The monoisotopic (exact) mass is 376 g/mol. The van der Waals surface area contributed by atoms with Gasteiger partial charge in [0.05, 0.1) is 12.7 Å². The molecule has 1 unspecified atom stereocenters. The second-order valence-corrected chi connectivity index (χ2v) is 7.52. The van der Waals surface area contributed by atoms with E-state index >= 15 is 0 Å². The molecule has 6 nitrogen and oxygen atoms in total. The van der Waals surface area contributed by atoms with Gasteiger partial charge in [0, 0.05) is 37.2 Å². The molecule has 1 amide bonds. The van der Waals surface area contributed by atoms with Crippen molar-refractivity contribution in [2.45, 2.75) is 44.2 Å². The smallest absolute Gasteiger partial charge is 0.224 e. The van der Waals surface area contributed by atoms with Crippen LogP contribution in [-0.4, -0.2) is 35.5 Å². The molecule has 144 valence electrons. The Morgan fingerprint density at radius 2 is 2.00 bits per heavy atom. The molecule has 1 aliphatic carbocycles. The molecule has 2 fully saturated rings. The van der Waals surface area contributed by atoms with Crippen molar-refractivity contribution >= 4 is 11.7 Å². The molecular weight excluding hydrogens is 352 g/mol. The molecule has 0 radical (unpaired) electrons. The molecule has 28 heavy (non-hydrogen) atoms. The van der Waals surface area contributed by atoms with Gasteiger partial charge < -0.3 is 15.0 Å². The molecule has 1 saturated carbocycles. The lowest BCUT2D eigenvalue weighted by molar-refractivity contribution is -0.134. The number of benzene rings is 1. The van der Waals surface area contributed by atoms with Crippen LogP contribution in [0.2, 0.25) is 0 Å². The first-order valence-corrected chi connectivity index (χ1v) is 9.74. The number of carbonyl (C=O) groups excluding carboxylic acids is 1. The average Bonchev–Trinajstić information content (AvgIpc) is 3.56. The predicted molar refractivity (Wildman–Crippen MR) is 106 cm³/mol. The maximum Gasteiger partial charge on any atom is 0.224 e. The highest BCUT2D eigenvalue weighted by Gasteiger charge is 2.28. The van der Waals surface area contributed by atoms with Crippen LogP contribution in [0.3, 0.4) is 0 Å². The first kappa shape index (κ1) is 18.3. The molecule has 0 bridgehead atoms. The Labute approximate surface area is 165 Å². The molecule has 4 rings (SSSR count). The summed E-state index contributed by atoms with van der Waals surface area (Å²) in [6.07, 6.45) is 3.58. The number of anilines is 1. The molecule has 1 aromatic heterocycles. The third-order valence-corrected chi connectivity index (χ3v) is 5.43. The van der Waals surface area contributed by atoms with Gasteiger partial charge in [-0.3, -0.25) is 4.79 Å². The summed E-state index contributed by atoms with van der Waals surface area (Å²) < 4.78 is 5.18. The van der Waals surface area contributed by atoms with Gasteiger partial charge in [0.15, 0.2) is 0 Å². The molecule has 1 aromatic carbocycles. The lowest BCUT2D eigenvalue weighted by atomic mass is 10.0. The van der Waals surface area contributed by atoms with Crippen molar-refractivity contribution < 1.29 is 9.53 Å². The molecule has 2 heterocycles. The lowest BCUT2D eigenvalue weighted by Gasteiger charge is -2.32. The minimum atomic E-state index is 0.00803. The highest BCUT2D eigenvalue weighted by Crippen LogP contribution is 2.39. The number of nitrogens with zero attached hydrogens (tertiary/aromatic N) is 3. The lowest BCUT2D eigenvalue weighted by Crippen LogP contribution is -2.43. The second kappa shape index (κ2) is 7.89. The minimum Gasteiger partial charge on any atom is -0.497 e. The Morgan fingerprint density at radius 1 is 1.21 bits per heavy atom. The van der Waals surface area contributed by atoms with Crippen LogP contribution in [0.25, 0.3) is 0 Å². The fourth-order valence-electron chi connectivity index (χ4n) is 3.59. The highest BCUT2D eigenvalue weighted by atomic mass is 16.5. The van der Waals surface area contributed by atoms with Gasteiger partial charge in [-0.2, -0.15) is 5.26 Å². The third kappa shape index (κ3) is 4.09. The van der Waals surface area contributed by atoms with Gasteiger partial charge in [0.1, 0.15) is 17.6 Å². The summed E-state index contributed by atoms with van der Waals surface area (Å²) in [6.45, 7) is 1.29. The van der Waals surface area contributed by atoms with Gasteiger partial charge in [0.25, 0.3) is 0 Å². The van der Waals surface area contributed by atoms with Crippen molar-refractivity contribution in [2.75, 3.05) is 19.0 Å². The zero-order chi connectivity index (χ0) is 19.5. The summed E-state index contributed by atoms with van der Waals surface area (Å²) in [6, 6.07) is 13.8. The third-order valence-electron chi connectivity index (χ3n) is 5.43. The van der Waals surface area contributed by atoms with Crippen molar-refractivity contribution in [3.8, 4) is 11.8 Å². The number of likely N-dealkylation sites (tertiary alicyclic amines) is 1. The number of methoxy groups -OCH3 is 1. The number of aromatic nitrogens is 1. The molecule has 0 spiro atoms. The van der Waals surface area contributed by atoms with Crippen molar-refractivity contribution in [3.63, 3.8) is 0 Å². The van der Waals surface area contributed by atoms with Gasteiger partial charge in [-0.05, 0) is 49.1 Å². The van der Waals surface area contributed by atoms with E-state index in [1.807, 2.05) is 41.3 Å². The van der Waals surface area contributed by atoms with Crippen molar-refractivity contribution in [3.05, 3.63) is 53.2 Å². The quantitative estimate of drug-likeness (QED) is 0.835. The van der Waals surface area contributed by atoms with Crippen LogP contribution in [0, 0.1) is 11.3 Å². The van der Waals surface area contributed by atoms with E-state index in [0.29, 0.717) is 36.8 Å². The maximum absolute atomic E-state index is 12.6. The van der Waals surface area contributed by atoms with E-state index in [1.165, 1.54) is 12.8 Å². The second-order valence-electron chi connectivity index (χ2n) is 7.52. The standard InChI is InChI=1S/C22H24N4O2/c1-28-19-7-2-15(3-8-19)14-26-11-10-18(12-21(26)27)24-22-17(13-23)6-9-20(25-22)16-4-5-16/h2-3,6-9,16,18H,4-5,10-12,14H2,1H3,(H,24,25). The van der Waals surface area contributed by atoms with Gasteiger partial charge in [-0.1, -0.05) is 12.1 Å². The maximum atomic E-state index is 12.6. The normalized spacial score (nSPS) is 19.2. The van der Waals surface area contributed by atoms with E-state index in [1.54, 1.807) is 7.11 Å². The Kier molecular flexibility index (Phi) is 5.16. The zero-order valence-corrected chi connectivity index (χ0v) is 16.0. The number of ether oxygens (including phenoxy) is 1. The Bertz CT molecular complexity index is 900. The molecule has 1 saturated heterocycles. The summed E-state index contributed by atoms with van der Waals surface area (Å²) in [5.41, 5.74) is 2.67. The van der Waals surface area contributed by atoms with E-state index < -0.39 is 0 Å². The SMILES string of the molecule is COc1ccc(CN2CCC(Nc3nc(C4CC4)ccc3C#N)CC2=O)cc1. The van der Waals surface area contributed by atoms with Crippen molar-refractivity contribution in [2.24, 2.45) is 0 Å². The molecule has 6 heteroatoms. The minimum absolute atomic E-state index is 0.00803. The van der Waals surface area contributed by atoms with Crippen molar-refractivity contribution in [1.29, 1.82) is 5.26 Å². The van der Waals surface area contributed by atoms with Crippen LogP contribution in [-0.2, 0) is 11.3 Å². The van der Waals surface area contributed by atoms with Gasteiger partial charge in [-0.15, -0.1) is 0 Å². The molecule has 1 aliphatic heterocycles. The molecule has 1 N–H and O–H groups in total. The first-order valence-electron chi connectivity index (χ1n) is 9.74. The van der Waals surface area contributed by atoms with Crippen LogP contribution < -0.4 is 10.1 Å². The Morgan fingerprint density at radius 3 is 2.64 bits per heavy atom. The fraction of sp³-hybridized carbons (Fsp3) is 0.409. The molecule has 2 aromatic rings. The number of nitrogens with one attached hydrogen (secondary N) is 1. The number of nitriles is 1. The summed E-state index contributed by atoms with van der Waals surface area (Å²) in [5.74, 6) is 2.08. The van der Waals surface area contributed by atoms with Gasteiger partial charge >= 0.3 is 0 Å². The van der Waals surface area contributed by atoms with Crippen LogP contribution in [0.4, 0.5) is 5.82 Å². The summed E-state index contributed by atoms with van der Waals surface area (Å²) in [7, 11) is 1.64. The summed E-state index contributed by atoms with van der Waals surface area (Å²) >= 11 is 0. The van der Waals surface area contributed by atoms with E-state index in [2.05, 4.69) is 16.4 Å². The van der Waals surface area contributed by atoms with E-state index in [9.17, 15) is 10.1 Å². The summed E-state index contributed by atoms with van der Waals surface area (Å²) in [4.78, 5) is 19.2. The number of carbonyl (C=O) groups is 1. The number of piperidine rings is 1. The van der Waals surface area contributed by atoms with E-state index in [4.69, 9.17) is 4.74 Å². The van der Waals surface area contributed by atoms with Crippen LogP contribution in [0.1, 0.15) is 48.4 Å². The zero-order valence-electron chi connectivity index (χ0n) is 16.0. The molecule has 2 aliphatic rings. The van der Waals surface area contributed by atoms with Gasteiger partial charge in [-0.25, -0.2) is 4.98 Å². The largest absolute Gasteiger partial charge is 0.497 e. The highest BCUT2D eigenvalue weighted by molar-refractivity contribution is 5.78. The topological polar surface area (TPSA) is 78.2 Å². The Balaban J connectivity index is 1.38. The first-order chi connectivity index (χ1) is 13.7.